The van der Waals surface area contributed by atoms with Gasteiger partial charge in [-0.25, -0.2) is 4.85 Å². The fraction of sp³-hybridized carbons (Fsp3) is 0.500. The summed E-state index contributed by atoms with van der Waals surface area (Å²) >= 11 is 5.95. The lowest BCUT2D eigenvalue weighted by molar-refractivity contribution is -0.209. The molecule has 3 nitrogen and oxygen atoms in total. The molecule has 1 heterocycles. The highest BCUT2D eigenvalue weighted by molar-refractivity contribution is 6.33. The molecular weight excluding hydrogens is 305 g/mol. The van der Waals surface area contributed by atoms with Gasteiger partial charge in [-0.2, -0.15) is 13.2 Å². The largest absolute Gasteiger partial charge is 0.416 e. The predicted molar refractivity (Wildman–Crippen MR) is 74.7 cm³/mol. The van der Waals surface area contributed by atoms with Crippen LogP contribution in [0.15, 0.2) is 18.2 Å². The highest BCUT2D eigenvalue weighted by atomic mass is 35.5. The number of aliphatic hydroxyl groups excluding tert-OH is 1. The van der Waals surface area contributed by atoms with Crippen LogP contribution in [0.25, 0.3) is 4.85 Å². The molecule has 1 N–H and O–H groups in total. The van der Waals surface area contributed by atoms with Gasteiger partial charge in [-0.05, 0) is 31.9 Å². The van der Waals surface area contributed by atoms with Gasteiger partial charge in [0.1, 0.15) is 0 Å². The molecule has 1 saturated heterocycles. The predicted octanol–water partition coefficient (Wildman–Crippen LogP) is 4.17. The average Bonchev–Trinajstić information content (AvgIpc) is 2.78. The highest BCUT2D eigenvalue weighted by Crippen LogP contribution is 2.39. The van der Waals surface area contributed by atoms with Crippen molar-refractivity contribution >= 4 is 23.0 Å². The van der Waals surface area contributed by atoms with Crippen LogP contribution in [-0.4, -0.2) is 29.5 Å². The number of benzene rings is 1. The Bertz CT molecular complexity index is 570. The average molecular weight is 319 g/mol. The Morgan fingerprint density at radius 2 is 2.10 bits per heavy atom. The van der Waals surface area contributed by atoms with Crippen LogP contribution in [0.3, 0.4) is 0 Å². The van der Waals surface area contributed by atoms with Crippen LogP contribution >= 0.6 is 11.6 Å². The van der Waals surface area contributed by atoms with Crippen molar-refractivity contribution in [3.05, 3.63) is 34.6 Å². The van der Waals surface area contributed by atoms with Crippen LogP contribution in [-0.2, 0) is 0 Å². The maximum atomic E-state index is 12.8. The SMILES string of the molecule is [C-]#[N+]c1ccc(N2[C@H](C)CC[C@@H]2[C@@H](O)C(F)(F)F)cc1Cl. The molecule has 7 heteroatoms. The van der Waals surface area contributed by atoms with Gasteiger partial charge in [0.2, 0.25) is 5.69 Å². The van der Waals surface area contributed by atoms with E-state index in [1.807, 2.05) is 0 Å². The molecule has 0 spiro atoms. The summed E-state index contributed by atoms with van der Waals surface area (Å²) in [6.45, 7) is 8.74. The second-order valence-corrected chi connectivity index (χ2v) is 5.54. The number of hydrogen-bond acceptors (Lipinski definition) is 2. The van der Waals surface area contributed by atoms with Crippen LogP contribution in [0.2, 0.25) is 5.02 Å². The first-order valence-corrected chi connectivity index (χ1v) is 6.83. The lowest BCUT2D eigenvalue weighted by Crippen LogP contribution is -2.48. The summed E-state index contributed by atoms with van der Waals surface area (Å²) in [6.07, 6.45) is -6.25. The number of halogens is 4. The summed E-state index contributed by atoms with van der Waals surface area (Å²) in [5.41, 5.74) is 0.742. The van der Waals surface area contributed by atoms with E-state index in [-0.39, 0.29) is 23.2 Å². The quantitative estimate of drug-likeness (QED) is 0.829. The van der Waals surface area contributed by atoms with E-state index in [0.29, 0.717) is 12.1 Å². The van der Waals surface area contributed by atoms with Crippen LogP contribution in [0.5, 0.6) is 0 Å². The van der Waals surface area contributed by atoms with Crippen molar-refractivity contribution in [2.45, 2.75) is 44.1 Å². The van der Waals surface area contributed by atoms with Crippen molar-refractivity contribution in [3.63, 3.8) is 0 Å². The minimum Gasteiger partial charge on any atom is -0.382 e. The van der Waals surface area contributed by atoms with Crippen LogP contribution in [0.4, 0.5) is 24.5 Å². The monoisotopic (exact) mass is 318 g/mol. The third-order valence-corrected chi connectivity index (χ3v) is 4.06. The van der Waals surface area contributed by atoms with Gasteiger partial charge in [-0.3, -0.25) is 0 Å². The summed E-state index contributed by atoms with van der Waals surface area (Å²) in [7, 11) is 0. The minimum absolute atomic E-state index is 0.137. The zero-order valence-corrected chi connectivity index (χ0v) is 12.0. The Labute approximate surface area is 125 Å². The van der Waals surface area contributed by atoms with Crippen molar-refractivity contribution < 1.29 is 18.3 Å². The van der Waals surface area contributed by atoms with Crippen LogP contribution < -0.4 is 4.90 Å². The second kappa shape index (κ2) is 5.74. The van der Waals surface area contributed by atoms with Gasteiger partial charge in [-0.15, -0.1) is 0 Å². The van der Waals surface area contributed by atoms with Crippen molar-refractivity contribution in [1.82, 2.24) is 0 Å². The molecule has 1 aromatic carbocycles. The molecule has 0 unspecified atom stereocenters. The molecule has 1 aliphatic heterocycles. The molecule has 114 valence electrons. The fourth-order valence-corrected chi connectivity index (χ4v) is 2.96. The second-order valence-electron chi connectivity index (χ2n) is 5.13. The van der Waals surface area contributed by atoms with Crippen molar-refractivity contribution in [2.75, 3.05) is 4.90 Å². The maximum Gasteiger partial charge on any atom is 0.416 e. The molecule has 0 saturated carbocycles. The summed E-state index contributed by atoms with van der Waals surface area (Å²) < 4.78 is 38.3. The summed E-state index contributed by atoms with van der Waals surface area (Å²) in [4.78, 5) is 4.76. The van der Waals surface area contributed by atoms with E-state index in [4.69, 9.17) is 18.2 Å². The third kappa shape index (κ3) is 3.09. The first kappa shape index (κ1) is 15.9. The zero-order valence-electron chi connectivity index (χ0n) is 11.2. The smallest absolute Gasteiger partial charge is 0.382 e. The molecule has 0 amide bonds. The minimum atomic E-state index is -4.66. The summed E-state index contributed by atoms with van der Waals surface area (Å²) in [5, 5.41) is 9.75. The van der Waals surface area contributed by atoms with Crippen molar-refractivity contribution in [1.29, 1.82) is 0 Å². The fourth-order valence-electron chi connectivity index (χ4n) is 2.74. The Morgan fingerprint density at radius 3 is 2.62 bits per heavy atom. The van der Waals surface area contributed by atoms with Gasteiger partial charge in [0, 0.05) is 16.8 Å². The summed E-state index contributed by atoms with van der Waals surface area (Å²) in [5.74, 6) is 0. The molecule has 0 aromatic heterocycles. The van der Waals surface area contributed by atoms with Gasteiger partial charge in [-0.1, -0.05) is 17.7 Å². The van der Waals surface area contributed by atoms with Gasteiger partial charge < -0.3 is 10.0 Å². The number of nitrogens with zero attached hydrogens (tertiary/aromatic N) is 2. The van der Waals surface area contributed by atoms with E-state index in [1.165, 1.54) is 17.0 Å². The molecule has 21 heavy (non-hydrogen) atoms. The Morgan fingerprint density at radius 1 is 1.43 bits per heavy atom. The first-order chi connectivity index (χ1) is 9.75. The van der Waals surface area contributed by atoms with Gasteiger partial charge in [0.15, 0.2) is 6.10 Å². The van der Waals surface area contributed by atoms with Gasteiger partial charge in [0.25, 0.3) is 0 Å². The van der Waals surface area contributed by atoms with Crippen molar-refractivity contribution in [2.24, 2.45) is 0 Å². The third-order valence-electron chi connectivity index (χ3n) is 3.76. The van der Waals surface area contributed by atoms with Crippen LogP contribution in [0, 0.1) is 6.57 Å². The first-order valence-electron chi connectivity index (χ1n) is 6.46. The highest BCUT2D eigenvalue weighted by Gasteiger charge is 2.48. The lowest BCUT2D eigenvalue weighted by Gasteiger charge is -2.34. The molecule has 1 aliphatic rings. The van der Waals surface area contributed by atoms with E-state index in [9.17, 15) is 18.3 Å². The van der Waals surface area contributed by atoms with E-state index in [0.717, 1.165) is 0 Å². The van der Waals surface area contributed by atoms with Gasteiger partial charge in [0.05, 0.1) is 12.6 Å². The standard InChI is InChI=1S/C14H14ClF3N2O/c1-8-3-6-12(13(21)14(16,17)18)20(8)9-4-5-11(19-2)10(15)7-9/h4-5,7-8,12-13,21H,3,6H2,1H3/t8-,12-,13-/m1/s1. The topological polar surface area (TPSA) is 27.8 Å². The molecule has 2 rings (SSSR count). The molecule has 1 aromatic rings. The Kier molecular flexibility index (Phi) is 4.35. The summed E-state index contributed by atoms with van der Waals surface area (Å²) in [6, 6.07) is 3.35. The molecular formula is C14H14ClF3N2O. The molecule has 0 aliphatic carbocycles. The lowest BCUT2D eigenvalue weighted by atomic mass is 10.1. The Hall–Kier alpha value is -1.45. The molecule has 3 atom stereocenters. The zero-order chi connectivity index (χ0) is 15.8. The molecule has 0 bridgehead atoms. The van der Waals surface area contributed by atoms with Gasteiger partial charge >= 0.3 is 6.18 Å². The Balaban J connectivity index is 2.35. The number of aliphatic hydroxyl groups is 1. The normalized spacial score (nSPS) is 24.0. The molecule has 0 radical (unpaired) electrons. The van der Waals surface area contributed by atoms with Crippen LogP contribution in [0.1, 0.15) is 19.8 Å². The number of hydrogen-bond donors (Lipinski definition) is 1. The number of alkyl halides is 3. The van der Waals surface area contributed by atoms with E-state index >= 15 is 0 Å². The van der Waals surface area contributed by atoms with Crippen molar-refractivity contribution in [3.8, 4) is 0 Å². The molecule has 1 fully saturated rings. The maximum absolute atomic E-state index is 12.8. The van der Waals surface area contributed by atoms with E-state index < -0.39 is 18.3 Å². The number of rotatable bonds is 2. The van der Waals surface area contributed by atoms with E-state index in [2.05, 4.69) is 4.85 Å². The number of anilines is 1. The van der Waals surface area contributed by atoms with E-state index in [1.54, 1.807) is 13.0 Å².